The van der Waals surface area contributed by atoms with E-state index >= 15 is 0 Å². The fraction of sp³-hybridized carbons (Fsp3) is 0.125. The number of nitrogen functional groups attached to an aromatic ring is 1. The number of aromatic nitrogens is 2. The molecule has 0 aliphatic carbocycles. The Hall–Kier alpha value is -2.67. The zero-order valence-corrected chi connectivity index (χ0v) is 12.7. The van der Waals surface area contributed by atoms with Gasteiger partial charge in [0.25, 0.3) is 0 Å². The second kappa shape index (κ2) is 5.85. The van der Waals surface area contributed by atoms with E-state index in [0.717, 1.165) is 5.39 Å². The van der Waals surface area contributed by atoms with Crippen LogP contribution in [0.3, 0.4) is 0 Å². The maximum Gasteiger partial charge on any atom is 0.323 e. The van der Waals surface area contributed by atoms with E-state index in [1.807, 2.05) is 0 Å². The summed E-state index contributed by atoms with van der Waals surface area (Å²) in [5.41, 5.74) is 7.99. The predicted octanol–water partition coefficient (Wildman–Crippen LogP) is 1.85. The molecular formula is C16H15BFN3O2. The van der Waals surface area contributed by atoms with Crippen molar-refractivity contribution < 1.29 is 14.2 Å². The molecule has 0 aliphatic rings. The van der Waals surface area contributed by atoms with Crippen molar-refractivity contribution >= 4 is 29.0 Å². The van der Waals surface area contributed by atoms with Gasteiger partial charge >= 0.3 is 6.92 Å². The van der Waals surface area contributed by atoms with E-state index < -0.39 is 12.7 Å². The summed E-state index contributed by atoms with van der Waals surface area (Å²) in [6.07, 6.45) is 1.47. The standard InChI is InChI=1S/C16H15BFN3O2/c1-17(22)11-5-6-14(23-2)15(16(11)18)9-3-4-10-12(19)8-20-21-13(10)7-9/h3-8,22H,1-2H3,(H2,19,21). The lowest BCUT2D eigenvalue weighted by Gasteiger charge is -2.14. The van der Waals surface area contributed by atoms with Crippen LogP contribution in [0.5, 0.6) is 5.75 Å². The summed E-state index contributed by atoms with van der Waals surface area (Å²) in [7, 11) is 1.47. The van der Waals surface area contributed by atoms with Gasteiger partial charge in [-0.25, -0.2) is 4.39 Å². The zero-order chi connectivity index (χ0) is 16.6. The van der Waals surface area contributed by atoms with E-state index in [-0.39, 0.29) is 11.0 Å². The minimum atomic E-state index is -0.921. The van der Waals surface area contributed by atoms with Crippen molar-refractivity contribution in [2.24, 2.45) is 0 Å². The second-order valence-electron chi connectivity index (χ2n) is 5.25. The number of benzene rings is 2. The van der Waals surface area contributed by atoms with Gasteiger partial charge in [-0.1, -0.05) is 19.0 Å². The summed E-state index contributed by atoms with van der Waals surface area (Å²) in [4.78, 5) is 0. The Labute approximate surface area is 133 Å². The highest BCUT2D eigenvalue weighted by Crippen LogP contribution is 2.34. The Balaban J connectivity index is 2.27. The van der Waals surface area contributed by atoms with Gasteiger partial charge in [-0.2, -0.15) is 10.2 Å². The van der Waals surface area contributed by atoms with E-state index in [1.165, 1.54) is 26.2 Å². The molecule has 0 spiro atoms. The molecule has 5 nitrogen and oxygen atoms in total. The number of fused-ring (bicyclic) bond motifs is 1. The SMILES string of the molecule is COc1ccc(B(C)O)c(F)c1-c1ccc2c(N)cnnc2c1. The van der Waals surface area contributed by atoms with Crippen LogP contribution in [-0.2, 0) is 0 Å². The molecule has 0 aliphatic heterocycles. The first kappa shape index (κ1) is 15.2. The third kappa shape index (κ3) is 2.59. The van der Waals surface area contributed by atoms with E-state index in [0.29, 0.717) is 22.5 Å². The number of nitrogens with two attached hydrogens (primary N) is 1. The van der Waals surface area contributed by atoms with Crippen molar-refractivity contribution in [2.45, 2.75) is 6.82 Å². The summed E-state index contributed by atoms with van der Waals surface area (Å²) in [5.74, 6) is -0.140. The summed E-state index contributed by atoms with van der Waals surface area (Å²) < 4.78 is 20.1. The number of rotatable bonds is 3. The largest absolute Gasteiger partial charge is 0.496 e. The third-order valence-electron chi connectivity index (χ3n) is 3.76. The minimum absolute atomic E-state index is 0.208. The number of methoxy groups -OCH3 is 1. The molecule has 3 aromatic rings. The quantitative estimate of drug-likeness (QED) is 0.722. The Morgan fingerprint density at radius 1 is 1.26 bits per heavy atom. The highest BCUT2D eigenvalue weighted by Gasteiger charge is 2.21. The molecule has 3 N–H and O–H groups in total. The molecule has 0 bridgehead atoms. The minimum Gasteiger partial charge on any atom is -0.496 e. The molecule has 7 heteroatoms. The lowest BCUT2D eigenvalue weighted by molar-refractivity contribution is 0.413. The smallest absolute Gasteiger partial charge is 0.323 e. The van der Waals surface area contributed by atoms with Crippen molar-refractivity contribution in [3.05, 3.63) is 42.3 Å². The average molecular weight is 311 g/mol. The van der Waals surface area contributed by atoms with Crippen molar-refractivity contribution in [3.8, 4) is 16.9 Å². The van der Waals surface area contributed by atoms with Gasteiger partial charge in [0, 0.05) is 5.39 Å². The monoisotopic (exact) mass is 311 g/mol. The zero-order valence-electron chi connectivity index (χ0n) is 12.7. The van der Waals surface area contributed by atoms with Crippen LogP contribution in [-0.4, -0.2) is 29.2 Å². The Bertz CT molecular complexity index is 887. The van der Waals surface area contributed by atoms with Crippen LogP contribution in [0.25, 0.3) is 22.0 Å². The summed E-state index contributed by atoms with van der Waals surface area (Å²) >= 11 is 0. The highest BCUT2D eigenvalue weighted by atomic mass is 19.1. The molecule has 0 saturated carbocycles. The normalized spacial score (nSPS) is 10.8. The van der Waals surface area contributed by atoms with Crippen molar-refractivity contribution in [3.63, 3.8) is 0 Å². The topological polar surface area (TPSA) is 81.3 Å². The summed E-state index contributed by atoms with van der Waals surface area (Å²) in [6, 6.07) is 8.36. The third-order valence-corrected chi connectivity index (χ3v) is 3.76. The maximum absolute atomic E-state index is 14.8. The van der Waals surface area contributed by atoms with Gasteiger partial charge in [0.05, 0.1) is 30.1 Å². The number of ether oxygens (including phenoxy) is 1. The van der Waals surface area contributed by atoms with Crippen LogP contribution in [0.15, 0.2) is 36.5 Å². The predicted molar refractivity (Wildman–Crippen MR) is 89.4 cm³/mol. The molecule has 0 unspecified atom stereocenters. The molecule has 2 aromatic carbocycles. The van der Waals surface area contributed by atoms with E-state index in [1.54, 1.807) is 24.3 Å². The van der Waals surface area contributed by atoms with Gasteiger partial charge in [0.15, 0.2) is 0 Å². The van der Waals surface area contributed by atoms with Crippen molar-refractivity contribution in [1.29, 1.82) is 0 Å². The van der Waals surface area contributed by atoms with E-state index in [9.17, 15) is 9.41 Å². The van der Waals surface area contributed by atoms with Gasteiger partial charge in [0.1, 0.15) is 11.6 Å². The first-order chi connectivity index (χ1) is 11.0. The molecule has 0 atom stereocenters. The molecule has 3 rings (SSSR count). The highest BCUT2D eigenvalue weighted by molar-refractivity contribution is 6.65. The number of anilines is 1. The fourth-order valence-electron chi connectivity index (χ4n) is 2.57. The van der Waals surface area contributed by atoms with Crippen LogP contribution < -0.4 is 15.9 Å². The van der Waals surface area contributed by atoms with Gasteiger partial charge in [-0.15, -0.1) is 0 Å². The summed E-state index contributed by atoms with van der Waals surface area (Å²) in [6.45, 7) is 0.594. The molecule has 0 saturated heterocycles. The van der Waals surface area contributed by atoms with Crippen molar-refractivity contribution in [2.75, 3.05) is 12.8 Å². The maximum atomic E-state index is 14.8. The number of nitrogens with zero attached hydrogens (tertiary/aromatic N) is 2. The summed E-state index contributed by atoms with van der Waals surface area (Å²) in [5, 5.41) is 18.3. The molecule has 23 heavy (non-hydrogen) atoms. The van der Waals surface area contributed by atoms with E-state index in [4.69, 9.17) is 10.5 Å². The van der Waals surface area contributed by atoms with Crippen molar-refractivity contribution in [1.82, 2.24) is 10.2 Å². The van der Waals surface area contributed by atoms with E-state index in [2.05, 4.69) is 10.2 Å². The van der Waals surface area contributed by atoms with Gasteiger partial charge < -0.3 is 15.5 Å². The molecule has 1 heterocycles. The number of hydrogen-bond acceptors (Lipinski definition) is 5. The fourth-order valence-corrected chi connectivity index (χ4v) is 2.57. The first-order valence-corrected chi connectivity index (χ1v) is 7.08. The molecule has 0 fully saturated rings. The van der Waals surface area contributed by atoms with Gasteiger partial charge in [-0.05, 0) is 29.2 Å². The average Bonchev–Trinajstić information content (AvgIpc) is 2.54. The van der Waals surface area contributed by atoms with Crippen LogP contribution in [0.1, 0.15) is 0 Å². The Morgan fingerprint density at radius 3 is 2.74 bits per heavy atom. The lowest BCUT2D eigenvalue weighted by atomic mass is 9.63. The first-order valence-electron chi connectivity index (χ1n) is 7.08. The molecule has 0 radical (unpaired) electrons. The van der Waals surface area contributed by atoms with Crippen LogP contribution >= 0.6 is 0 Å². The number of hydrogen-bond donors (Lipinski definition) is 2. The lowest BCUT2D eigenvalue weighted by Crippen LogP contribution is -2.30. The Kier molecular flexibility index (Phi) is 3.88. The molecular weight excluding hydrogens is 296 g/mol. The van der Waals surface area contributed by atoms with Crippen LogP contribution in [0.2, 0.25) is 6.82 Å². The molecule has 1 aromatic heterocycles. The Morgan fingerprint density at radius 2 is 2.04 bits per heavy atom. The van der Waals surface area contributed by atoms with Gasteiger partial charge in [0.2, 0.25) is 0 Å². The molecule has 116 valence electrons. The number of halogens is 1. The van der Waals surface area contributed by atoms with Crippen LogP contribution in [0, 0.1) is 5.82 Å². The molecule has 0 amide bonds. The second-order valence-corrected chi connectivity index (χ2v) is 5.25. The van der Waals surface area contributed by atoms with Crippen LogP contribution in [0.4, 0.5) is 10.1 Å². The van der Waals surface area contributed by atoms with Gasteiger partial charge in [-0.3, -0.25) is 0 Å².